The maximum absolute atomic E-state index is 12.1. The van der Waals surface area contributed by atoms with Crippen LogP contribution >= 0.6 is 11.6 Å². The molecule has 1 aliphatic heterocycles. The fourth-order valence-electron chi connectivity index (χ4n) is 2.27. The number of hydrogen-bond acceptors (Lipinski definition) is 3. The fraction of sp³-hybridized carbons (Fsp3) is 0.467. The average Bonchev–Trinajstić information content (AvgIpc) is 2.49. The van der Waals surface area contributed by atoms with E-state index in [1.165, 1.54) is 6.92 Å². The first-order valence-electron chi connectivity index (χ1n) is 6.97. The molecule has 0 aromatic heterocycles. The standard InChI is InChI=1S/C15H19ClN2O3/c1-12(19)18(14-4-2-13(16)3-5-14)7-6-15(20)17-8-10-21-11-9-17/h2-5H,6-11H2,1H3. The third kappa shape index (κ3) is 4.44. The third-order valence-electron chi connectivity index (χ3n) is 3.43. The molecular formula is C15H19ClN2O3. The first-order chi connectivity index (χ1) is 10.1. The number of carbonyl (C=O) groups is 2. The van der Waals surface area contributed by atoms with E-state index in [4.69, 9.17) is 16.3 Å². The molecule has 0 aliphatic carbocycles. The molecule has 0 N–H and O–H groups in total. The highest BCUT2D eigenvalue weighted by Gasteiger charge is 2.19. The number of halogens is 1. The Kier molecular flexibility index (Phi) is 5.59. The van der Waals surface area contributed by atoms with Crippen molar-refractivity contribution in [1.29, 1.82) is 0 Å². The second-order valence-corrected chi connectivity index (χ2v) is 5.33. The van der Waals surface area contributed by atoms with Crippen molar-refractivity contribution in [3.05, 3.63) is 29.3 Å². The summed E-state index contributed by atoms with van der Waals surface area (Å²) in [6.45, 7) is 4.28. The second kappa shape index (κ2) is 7.43. The highest BCUT2D eigenvalue weighted by molar-refractivity contribution is 6.30. The van der Waals surface area contributed by atoms with E-state index in [1.807, 2.05) is 0 Å². The molecule has 5 nitrogen and oxygen atoms in total. The van der Waals surface area contributed by atoms with Crippen molar-refractivity contribution in [2.45, 2.75) is 13.3 Å². The van der Waals surface area contributed by atoms with Crippen molar-refractivity contribution in [3.63, 3.8) is 0 Å². The minimum atomic E-state index is -0.0906. The van der Waals surface area contributed by atoms with Gasteiger partial charge in [-0.1, -0.05) is 11.6 Å². The first-order valence-corrected chi connectivity index (χ1v) is 7.35. The number of hydrogen-bond donors (Lipinski definition) is 0. The Balaban J connectivity index is 1.95. The number of anilines is 1. The number of nitrogens with zero attached hydrogens (tertiary/aromatic N) is 2. The van der Waals surface area contributed by atoms with E-state index in [0.717, 1.165) is 5.69 Å². The molecule has 1 aromatic carbocycles. The fourth-order valence-corrected chi connectivity index (χ4v) is 2.39. The molecule has 114 valence electrons. The number of morpholine rings is 1. The Labute approximate surface area is 129 Å². The number of amides is 2. The Morgan fingerprint density at radius 2 is 1.86 bits per heavy atom. The molecule has 0 atom stereocenters. The molecule has 1 saturated heterocycles. The van der Waals surface area contributed by atoms with Crippen LogP contribution in [0.15, 0.2) is 24.3 Å². The zero-order valence-corrected chi connectivity index (χ0v) is 12.8. The minimum absolute atomic E-state index is 0.0542. The largest absolute Gasteiger partial charge is 0.378 e. The summed E-state index contributed by atoms with van der Waals surface area (Å²) in [7, 11) is 0. The van der Waals surface area contributed by atoms with Gasteiger partial charge in [-0.3, -0.25) is 9.59 Å². The molecule has 1 heterocycles. The van der Waals surface area contributed by atoms with E-state index < -0.39 is 0 Å². The van der Waals surface area contributed by atoms with Gasteiger partial charge >= 0.3 is 0 Å². The van der Waals surface area contributed by atoms with Crippen LogP contribution in [0.2, 0.25) is 5.02 Å². The van der Waals surface area contributed by atoms with Gasteiger partial charge in [-0.25, -0.2) is 0 Å². The maximum atomic E-state index is 12.1. The van der Waals surface area contributed by atoms with E-state index in [9.17, 15) is 9.59 Å². The van der Waals surface area contributed by atoms with Crippen molar-refractivity contribution in [2.75, 3.05) is 37.7 Å². The molecule has 21 heavy (non-hydrogen) atoms. The summed E-state index contributed by atoms with van der Waals surface area (Å²) in [5.41, 5.74) is 0.752. The Morgan fingerprint density at radius 1 is 1.24 bits per heavy atom. The molecule has 2 amide bonds. The number of carbonyl (C=O) groups excluding carboxylic acids is 2. The lowest BCUT2D eigenvalue weighted by Gasteiger charge is -2.28. The summed E-state index contributed by atoms with van der Waals surface area (Å²) in [5, 5.41) is 0.617. The molecule has 2 rings (SSSR count). The molecule has 0 unspecified atom stereocenters. The normalized spacial score (nSPS) is 14.9. The van der Waals surface area contributed by atoms with Crippen molar-refractivity contribution >= 4 is 29.1 Å². The smallest absolute Gasteiger partial charge is 0.224 e. The van der Waals surface area contributed by atoms with Gasteiger partial charge in [0.1, 0.15) is 0 Å². The molecule has 0 spiro atoms. The van der Waals surface area contributed by atoms with Crippen molar-refractivity contribution < 1.29 is 14.3 Å². The quantitative estimate of drug-likeness (QED) is 0.854. The van der Waals surface area contributed by atoms with E-state index in [1.54, 1.807) is 34.1 Å². The van der Waals surface area contributed by atoms with E-state index in [-0.39, 0.29) is 11.8 Å². The van der Waals surface area contributed by atoms with E-state index >= 15 is 0 Å². The lowest BCUT2D eigenvalue weighted by molar-refractivity contribution is -0.135. The average molecular weight is 311 g/mol. The number of ether oxygens (including phenoxy) is 1. The lowest BCUT2D eigenvalue weighted by Crippen LogP contribution is -2.42. The van der Waals surface area contributed by atoms with Gasteiger partial charge < -0.3 is 14.5 Å². The van der Waals surface area contributed by atoms with Crippen LogP contribution in [0.4, 0.5) is 5.69 Å². The third-order valence-corrected chi connectivity index (χ3v) is 3.68. The van der Waals surface area contributed by atoms with Crippen LogP contribution in [0.5, 0.6) is 0 Å². The molecule has 1 aliphatic rings. The second-order valence-electron chi connectivity index (χ2n) is 4.89. The van der Waals surface area contributed by atoms with Crippen molar-refractivity contribution in [2.24, 2.45) is 0 Å². The molecule has 0 saturated carbocycles. The molecule has 1 aromatic rings. The van der Waals surface area contributed by atoms with Gasteiger partial charge in [0.05, 0.1) is 13.2 Å². The van der Waals surface area contributed by atoms with Gasteiger partial charge in [0, 0.05) is 43.7 Å². The minimum Gasteiger partial charge on any atom is -0.378 e. The highest BCUT2D eigenvalue weighted by atomic mass is 35.5. The van der Waals surface area contributed by atoms with Gasteiger partial charge in [0.15, 0.2) is 0 Å². The summed E-state index contributed by atoms with van der Waals surface area (Å²) in [6.07, 6.45) is 0.308. The lowest BCUT2D eigenvalue weighted by atomic mass is 10.2. The van der Waals surface area contributed by atoms with Gasteiger partial charge in [-0.15, -0.1) is 0 Å². The molecule has 1 fully saturated rings. The molecule has 6 heteroatoms. The number of rotatable bonds is 4. The van der Waals surface area contributed by atoms with Gasteiger partial charge in [0.25, 0.3) is 0 Å². The van der Waals surface area contributed by atoms with Crippen LogP contribution in [0, 0.1) is 0 Å². The summed E-state index contributed by atoms with van der Waals surface area (Å²) >= 11 is 5.85. The van der Waals surface area contributed by atoms with E-state index in [2.05, 4.69) is 0 Å². The van der Waals surface area contributed by atoms with Crippen LogP contribution in [0.1, 0.15) is 13.3 Å². The Hall–Kier alpha value is -1.59. The van der Waals surface area contributed by atoms with E-state index in [0.29, 0.717) is 44.3 Å². The summed E-state index contributed by atoms with van der Waals surface area (Å²) < 4.78 is 5.22. The van der Waals surface area contributed by atoms with Crippen molar-refractivity contribution in [1.82, 2.24) is 4.90 Å². The zero-order chi connectivity index (χ0) is 15.2. The van der Waals surface area contributed by atoms with Crippen molar-refractivity contribution in [3.8, 4) is 0 Å². The number of benzene rings is 1. The Morgan fingerprint density at radius 3 is 2.43 bits per heavy atom. The molecule has 0 bridgehead atoms. The summed E-state index contributed by atoms with van der Waals surface area (Å²) in [6, 6.07) is 7.03. The van der Waals surface area contributed by atoms with Crippen LogP contribution in [-0.2, 0) is 14.3 Å². The predicted molar refractivity (Wildman–Crippen MR) is 81.5 cm³/mol. The maximum Gasteiger partial charge on any atom is 0.224 e. The van der Waals surface area contributed by atoms with Crippen LogP contribution in [0.25, 0.3) is 0 Å². The van der Waals surface area contributed by atoms with Crippen LogP contribution in [0.3, 0.4) is 0 Å². The molecular weight excluding hydrogens is 292 g/mol. The monoisotopic (exact) mass is 310 g/mol. The van der Waals surface area contributed by atoms with Gasteiger partial charge in [-0.2, -0.15) is 0 Å². The zero-order valence-electron chi connectivity index (χ0n) is 12.0. The predicted octanol–water partition coefficient (Wildman–Crippen LogP) is 1.94. The SMILES string of the molecule is CC(=O)N(CCC(=O)N1CCOCC1)c1ccc(Cl)cc1. The topological polar surface area (TPSA) is 49.9 Å². The summed E-state index contributed by atoms with van der Waals surface area (Å²) in [4.78, 5) is 27.3. The van der Waals surface area contributed by atoms with Crippen LogP contribution < -0.4 is 4.90 Å². The van der Waals surface area contributed by atoms with Crippen LogP contribution in [-0.4, -0.2) is 49.6 Å². The first kappa shape index (κ1) is 15.8. The van der Waals surface area contributed by atoms with Gasteiger partial charge in [0.2, 0.25) is 11.8 Å². The van der Waals surface area contributed by atoms with Gasteiger partial charge in [-0.05, 0) is 24.3 Å². The molecule has 0 radical (unpaired) electrons. The highest BCUT2D eigenvalue weighted by Crippen LogP contribution is 2.18. The summed E-state index contributed by atoms with van der Waals surface area (Å²) in [5.74, 6) is -0.0365. The Bertz CT molecular complexity index is 498.